The first kappa shape index (κ1) is 16.2. The first-order chi connectivity index (χ1) is 11.5. The fourth-order valence-electron chi connectivity index (χ4n) is 1.92. The Morgan fingerprint density at radius 1 is 1.21 bits per heavy atom. The lowest BCUT2D eigenvalue weighted by molar-refractivity contribution is -0.384. The summed E-state index contributed by atoms with van der Waals surface area (Å²) in [6.07, 6.45) is 0. The van der Waals surface area contributed by atoms with Gasteiger partial charge in [-0.15, -0.1) is 0 Å². The molecule has 0 aliphatic carbocycles. The highest BCUT2D eigenvalue weighted by atomic mass is 35.5. The van der Waals surface area contributed by atoms with E-state index in [0.29, 0.717) is 16.3 Å². The quantitative estimate of drug-likeness (QED) is 0.487. The van der Waals surface area contributed by atoms with Gasteiger partial charge >= 0.3 is 0 Å². The van der Waals surface area contributed by atoms with Crippen LogP contribution in [0.3, 0.4) is 0 Å². The summed E-state index contributed by atoms with van der Waals surface area (Å²) in [5.41, 5.74) is 0.417. The number of aromatic nitrogens is 2. The van der Waals surface area contributed by atoms with Crippen molar-refractivity contribution in [2.45, 2.75) is 6.61 Å². The Bertz CT molecular complexity index is 898. The fourth-order valence-corrected chi connectivity index (χ4v) is 2.27. The number of non-ortho nitro benzene ring substituents is 1. The molecule has 9 heteroatoms. The zero-order valence-electron chi connectivity index (χ0n) is 12.0. The summed E-state index contributed by atoms with van der Waals surface area (Å²) in [7, 11) is 0. The predicted octanol–water partition coefficient (Wildman–Crippen LogP) is 4.53. The third-order valence-corrected chi connectivity index (χ3v) is 3.85. The third-order valence-electron chi connectivity index (χ3n) is 3.05. The van der Waals surface area contributed by atoms with Crippen LogP contribution in [0, 0.1) is 10.1 Å². The van der Waals surface area contributed by atoms with Gasteiger partial charge in [0, 0.05) is 17.7 Å². The maximum Gasteiger partial charge on any atom is 0.270 e. The zero-order chi connectivity index (χ0) is 17.1. The van der Waals surface area contributed by atoms with E-state index in [4.69, 9.17) is 32.5 Å². The molecule has 0 atom stereocenters. The van der Waals surface area contributed by atoms with Gasteiger partial charge < -0.3 is 9.26 Å². The zero-order valence-corrected chi connectivity index (χ0v) is 13.5. The summed E-state index contributed by atoms with van der Waals surface area (Å²) >= 11 is 11.9. The lowest BCUT2D eigenvalue weighted by atomic mass is 10.2. The number of nitro benzene ring substituents is 1. The van der Waals surface area contributed by atoms with E-state index in [0.717, 1.165) is 0 Å². The highest BCUT2D eigenvalue weighted by Gasteiger charge is 2.14. The van der Waals surface area contributed by atoms with E-state index in [1.165, 1.54) is 12.1 Å². The molecule has 0 amide bonds. The average Bonchev–Trinajstić information content (AvgIpc) is 3.05. The van der Waals surface area contributed by atoms with E-state index in [-0.39, 0.29) is 29.0 Å². The summed E-state index contributed by atoms with van der Waals surface area (Å²) in [6, 6.07) is 10.9. The molecular weight excluding hydrogens is 357 g/mol. The predicted molar refractivity (Wildman–Crippen MR) is 87.2 cm³/mol. The minimum absolute atomic E-state index is 0.0119. The van der Waals surface area contributed by atoms with Crippen LogP contribution in [-0.4, -0.2) is 15.1 Å². The number of nitro groups is 1. The molecule has 0 saturated heterocycles. The van der Waals surface area contributed by atoms with Gasteiger partial charge in [-0.3, -0.25) is 10.1 Å². The second-order valence-corrected chi connectivity index (χ2v) is 5.44. The molecule has 7 nitrogen and oxygen atoms in total. The number of benzene rings is 2. The first-order valence-corrected chi connectivity index (χ1v) is 7.44. The Morgan fingerprint density at radius 3 is 2.79 bits per heavy atom. The lowest BCUT2D eigenvalue weighted by Gasteiger charge is -2.05. The first-order valence-electron chi connectivity index (χ1n) is 6.69. The second kappa shape index (κ2) is 6.86. The van der Waals surface area contributed by atoms with Crippen molar-refractivity contribution in [3.8, 4) is 17.1 Å². The van der Waals surface area contributed by atoms with Gasteiger partial charge in [-0.2, -0.15) is 4.98 Å². The summed E-state index contributed by atoms with van der Waals surface area (Å²) in [4.78, 5) is 14.5. The Balaban J connectivity index is 1.75. The van der Waals surface area contributed by atoms with Crippen molar-refractivity contribution in [2.24, 2.45) is 0 Å². The van der Waals surface area contributed by atoms with Crippen molar-refractivity contribution in [1.82, 2.24) is 10.1 Å². The second-order valence-electron chi connectivity index (χ2n) is 4.66. The highest BCUT2D eigenvalue weighted by Crippen LogP contribution is 2.32. The highest BCUT2D eigenvalue weighted by molar-refractivity contribution is 6.42. The van der Waals surface area contributed by atoms with Crippen LogP contribution >= 0.6 is 23.2 Å². The molecule has 0 radical (unpaired) electrons. The summed E-state index contributed by atoms with van der Waals surface area (Å²) in [5.74, 6) is 0.821. The van der Waals surface area contributed by atoms with Crippen molar-refractivity contribution in [2.75, 3.05) is 0 Å². The van der Waals surface area contributed by atoms with Crippen LogP contribution < -0.4 is 4.74 Å². The molecule has 24 heavy (non-hydrogen) atoms. The maximum absolute atomic E-state index is 10.8. The van der Waals surface area contributed by atoms with Gasteiger partial charge in [-0.05, 0) is 12.1 Å². The molecule has 0 aliphatic heterocycles. The molecule has 2 aromatic carbocycles. The van der Waals surface area contributed by atoms with Gasteiger partial charge in [0.25, 0.3) is 11.6 Å². The van der Waals surface area contributed by atoms with Crippen molar-refractivity contribution in [3.05, 3.63) is 68.5 Å². The normalized spacial score (nSPS) is 10.6. The SMILES string of the molecule is O=[N+]([O-])c1cccc(-c2noc(COc3cccc(Cl)c3Cl)n2)c1. The van der Waals surface area contributed by atoms with E-state index in [9.17, 15) is 10.1 Å². The van der Waals surface area contributed by atoms with Crippen LogP contribution in [0.2, 0.25) is 10.0 Å². The summed E-state index contributed by atoms with van der Waals surface area (Å²) < 4.78 is 10.6. The molecule has 122 valence electrons. The molecule has 1 aromatic heterocycles. The standard InChI is InChI=1S/C15H9Cl2N3O4/c16-11-5-2-6-12(14(11)17)23-8-13-18-15(19-24-13)9-3-1-4-10(7-9)20(21)22/h1-7H,8H2. The lowest BCUT2D eigenvalue weighted by Crippen LogP contribution is -1.96. The Labute approximate surface area is 145 Å². The number of ether oxygens (including phenoxy) is 1. The minimum Gasteiger partial charge on any atom is -0.482 e. The number of rotatable bonds is 5. The molecule has 0 unspecified atom stereocenters. The van der Waals surface area contributed by atoms with Crippen LogP contribution in [-0.2, 0) is 6.61 Å². The Morgan fingerprint density at radius 2 is 2.00 bits per heavy atom. The molecule has 0 fully saturated rings. The molecule has 0 bridgehead atoms. The molecule has 3 aromatic rings. The van der Waals surface area contributed by atoms with E-state index >= 15 is 0 Å². The van der Waals surface area contributed by atoms with Crippen molar-refractivity contribution in [1.29, 1.82) is 0 Å². The Hall–Kier alpha value is -2.64. The molecule has 0 spiro atoms. The summed E-state index contributed by atoms with van der Waals surface area (Å²) in [6.45, 7) is -0.0119. The monoisotopic (exact) mass is 365 g/mol. The molecule has 3 rings (SSSR count). The van der Waals surface area contributed by atoms with Gasteiger partial charge in [-0.1, -0.05) is 46.6 Å². The number of hydrogen-bond donors (Lipinski definition) is 0. The summed E-state index contributed by atoms with van der Waals surface area (Å²) in [5, 5.41) is 15.3. The van der Waals surface area contributed by atoms with Gasteiger partial charge in [-0.25, -0.2) is 0 Å². The van der Waals surface area contributed by atoms with E-state index in [1.807, 2.05) is 0 Å². The van der Waals surface area contributed by atoms with Crippen LogP contribution in [0.25, 0.3) is 11.4 Å². The van der Waals surface area contributed by atoms with Crippen LogP contribution in [0.5, 0.6) is 5.75 Å². The molecule has 0 saturated carbocycles. The maximum atomic E-state index is 10.8. The van der Waals surface area contributed by atoms with E-state index in [2.05, 4.69) is 10.1 Å². The smallest absolute Gasteiger partial charge is 0.270 e. The molecular formula is C15H9Cl2N3O4. The Kier molecular flexibility index (Phi) is 4.64. The minimum atomic E-state index is -0.491. The van der Waals surface area contributed by atoms with Crippen molar-refractivity contribution < 1.29 is 14.2 Å². The van der Waals surface area contributed by atoms with E-state index in [1.54, 1.807) is 30.3 Å². The molecule has 1 heterocycles. The van der Waals surface area contributed by atoms with Gasteiger partial charge in [0.15, 0.2) is 6.61 Å². The largest absolute Gasteiger partial charge is 0.482 e. The van der Waals surface area contributed by atoms with Crippen molar-refractivity contribution >= 4 is 28.9 Å². The van der Waals surface area contributed by atoms with Gasteiger partial charge in [0.1, 0.15) is 10.8 Å². The van der Waals surface area contributed by atoms with Gasteiger partial charge in [0.05, 0.1) is 9.95 Å². The number of nitrogens with zero attached hydrogens (tertiary/aromatic N) is 3. The third kappa shape index (κ3) is 3.47. The number of hydrogen-bond acceptors (Lipinski definition) is 6. The topological polar surface area (TPSA) is 91.3 Å². The fraction of sp³-hybridized carbons (Fsp3) is 0.0667. The van der Waals surface area contributed by atoms with Gasteiger partial charge in [0.2, 0.25) is 5.82 Å². The van der Waals surface area contributed by atoms with E-state index < -0.39 is 4.92 Å². The van der Waals surface area contributed by atoms with Crippen molar-refractivity contribution in [3.63, 3.8) is 0 Å². The average molecular weight is 366 g/mol. The van der Waals surface area contributed by atoms with Crippen LogP contribution in [0.1, 0.15) is 5.89 Å². The van der Waals surface area contributed by atoms with Crippen LogP contribution in [0.4, 0.5) is 5.69 Å². The molecule has 0 N–H and O–H groups in total. The molecule has 0 aliphatic rings. The van der Waals surface area contributed by atoms with Crippen LogP contribution in [0.15, 0.2) is 47.0 Å². The number of halogens is 2.